The zero-order valence-electron chi connectivity index (χ0n) is 17.5. The van der Waals surface area contributed by atoms with Crippen LogP contribution in [-0.2, 0) is 19.6 Å². The molecule has 174 valence electrons. The first-order valence-electron chi connectivity index (χ1n) is 9.96. The van der Waals surface area contributed by atoms with E-state index in [1.807, 2.05) is 0 Å². The van der Waals surface area contributed by atoms with Gasteiger partial charge in [-0.25, -0.2) is 18.5 Å². The number of carbonyl (C=O) groups is 3. The summed E-state index contributed by atoms with van der Waals surface area (Å²) in [6.07, 6.45) is 0.0184. The summed E-state index contributed by atoms with van der Waals surface area (Å²) >= 11 is 4.49. The molecule has 4 rings (SSSR count). The van der Waals surface area contributed by atoms with Crippen LogP contribution in [0.15, 0.2) is 87.1 Å². The van der Waals surface area contributed by atoms with Gasteiger partial charge in [0.2, 0.25) is 21.8 Å². The Morgan fingerprint density at radius 3 is 2.29 bits per heavy atom. The second-order valence-corrected chi connectivity index (χ2v) is 11.1. The highest BCUT2D eigenvalue weighted by Gasteiger charge is 2.40. The Morgan fingerprint density at radius 1 is 1.00 bits per heavy atom. The van der Waals surface area contributed by atoms with E-state index in [1.165, 1.54) is 29.2 Å². The van der Waals surface area contributed by atoms with Gasteiger partial charge < -0.3 is 5.32 Å². The highest BCUT2D eigenvalue weighted by atomic mass is 79.9. The molecule has 0 saturated carbocycles. The third kappa shape index (κ3) is 5.22. The summed E-state index contributed by atoms with van der Waals surface area (Å²) in [5.41, 5.74) is 1.20. The van der Waals surface area contributed by atoms with Crippen molar-refractivity contribution in [2.45, 2.75) is 21.5 Å². The van der Waals surface area contributed by atoms with Crippen LogP contribution in [0.2, 0.25) is 0 Å². The van der Waals surface area contributed by atoms with Gasteiger partial charge in [-0.05, 0) is 60.7 Å². The maximum atomic E-state index is 13.0. The van der Waals surface area contributed by atoms with E-state index < -0.39 is 21.2 Å². The zero-order chi connectivity index (χ0) is 24.5. The molecule has 34 heavy (non-hydrogen) atoms. The number of thioether (sulfide) groups is 1. The second-order valence-electron chi connectivity index (χ2n) is 7.37. The number of primary sulfonamides is 1. The van der Waals surface area contributed by atoms with Crippen LogP contribution >= 0.6 is 27.7 Å². The average molecular weight is 560 g/mol. The number of amides is 3. The molecule has 3 N–H and O–H groups in total. The Labute approximate surface area is 208 Å². The van der Waals surface area contributed by atoms with Crippen molar-refractivity contribution in [1.82, 2.24) is 0 Å². The van der Waals surface area contributed by atoms with E-state index in [0.29, 0.717) is 21.8 Å². The largest absolute Gasteiger partial charge is 0.322 e. The number of nitrogens with one attached hydrogen (secondary N) is 1. The van der Waals surface area contributed by atoms with Gasteiger partial charge in [-0.15, -0.1) is 11.8 Å². The van der Waals surface area contributed by atoms with Crippen molar-refractivity contribution in [1.29, 1.82) is 0 Å². The van der Waals surface area contributed by atoms with Crippen LogP contribution in [0.4, 0.5) is 11.4 Å². The Balaban J connectivity index is 1.51. The van der Waals surface area contributed by atoms with Crippen LogP contribution in [0, 0.1) is 0 Å². The predicted octanol–water partition coefficient (Wildman–Crippen LogP) is 3.77. The highest BCUT2D eigenvalue weighted by Crippen LogP contribution is 2.36. The monoisotopic (exact) mass is 559 g/mol. The molecule has 3 amide bonds. The maximum Gasteiger partial charge on any atom is 0.256 e. The van der Waals surface area contributed by atoms with Gasteiger partial charge in [-0.2, -0.15) is 0 Å². The number of sulfonamides is 1. The van der Waals surface area contributed by atoms with E-state index in [1.54, 1.807) is 48.5 Å². The fourth-order valence-electron chi connectivity index (χ4n) is 3.39. The molecular weight excluding hydrogens is 542 g/mol. The van der Waals surface area contributed by atoms with E-state index >= 15 is 0 Å². The number of carbonyl (C=O) groups excluding carboxylic acids is 3. The van der Waals surface area contributed by atoms with Gasteiger partial charge in [0.05, 0.1) is 21.4 Å². The fourth-order valence-corrected chi connectivity index (χ4v) is 5.36. The van der Waals surface area contributed by atoms with Crippen LogP contribution < -0.4 is 15.4 Å². The van der Waals surface area contributed by atoms with Crippen molar-refractivity contribution in [3.8, 4) is 0 Å². The molecule has 8 nitrogen and oxygen atoms in total. The average Bonchev–Trinajstić information content (AvgIpc) is 3.07. The van der Waals surface area contributed by atoms with Gasteiger partial charge in [0.25, 0.3) is 5.91 Å². The number of benzene rings is 3. The Kier molecular flexibility index (Phi) is 6.89. The Bertz CT molecular complexity index is 1380. The fraction of sp³-hybridized carbons (Fsp3) is 0.0870. The van der Waals surface area contributed by atoms with Crippen LogP contribution in [0.3, 0.4) is 0 Å². The van der Waals surface area contributed by atoms with Crippen molar-refractivity contribution >= 4 is 66.8 Å². The van der Waals surface area contributed by atoms with Crippen LogP contribution in [-0.4, -0.2) is 31.4 Å². The third-order valence-electron chi connectivity index (χ3n) is 5.03. The molecule has 3 aromatic rings. The molecule has 11 heteroatoms. The van der Waals surface area contributed by atoms with Gasteiger partial charge in [-0.1, -0.05) is 28.1 Å². The number of nitrogens with two attached hydrogens (primary N) is 1. The Morgan fingerprint density at radius 2 is 1.65 bits per heavy atom. The van der Waals surface area contributed by atoms with E-state index in [2.05, 4.69) is 21.2 Å². The van der Waals surface area contributed by atoms with Gasteiger partial charge >= 0.3 is 0 Å². The number of hydrogen-bond acceptors (Lipinski definition) is 6. The summed E-state index contributed by atoms with van der Waals surface area (Å²) in [6.45, 7) is 0. The SMILES string of the molecule is NS(=O)(=O)c1ccc(NC(=O)c2ccccc2SC2CC(=O)N(c3ccc(Br)cc3)C2=O)cc1. The Hall–Kier alpha value is -2.99. The van der Waals surface area contributed by atoms with Gasteiger partial charge in [0, 0.05) is 21.5 Å². The lowest BCUT2D eigenvalue weighted by Gasteiger charge is -2.16. The van der Waals surface area contributed by atoms with Crippen molar-refractivity contribution in [3.63, 3.8) is 0 Å². The number of rotatable bonds is 6. The number of hydrogen-bond donors (Lipinski definition) is 2. The number of halogens is 1. The number of anilines is 2. The summed E-state index contributed by atoms with van der Waals surface area (Å²) < 4.78 is 23.6. The first kappa shape index (κ1) is 24.1. The lowest BCUT2D eigenvalue weighted by atomic mass is 10.2. The minimum atomic E-state index is -3.84. The molecule has 1 unspecified atom stereocenters. The molecule has 1 aliphatic heterocycles. The highest BCUT2D eigenvalue weighted by molar-refractivity contribution is 9.10. The molecular formula is C23H18BrN3O5S2. The van der Waals surface area contributed by atoms with Gasteiger partial charge in [0.1, 0.15) is 0 Å². The minimum Gasteiger partial charge on any atom is -0.322 e. The molecule has 1 atom stereocenters. The van der Waals surface area contributed by atoms with Crippen molar-refractivity contribution < 1.29 is 22.8 Å². The molecule has 0 bridgehead atoms. The molecule has 0 aliphatic carbocycles. The molecule has 0 spiro atoms. The third-order valence-corrected chi connectivity index (χ3v) is 7.75. The molecule has 1 fully saturated rings. The van der Waals surface area contributed by atoms with Crippen molar-refractivity contribution in [3.05, 3.63) is 82.8 Å². The summed E-state index contributed by atoms with van der Waals surface area (Å²) in [6, 6.07) is 19.1. The summed E-state index contributed by atoms with van der Waals surface area (Å²) in [5.74, 6) is -1.08. The summed E-state index contributed by atoms with van der Waals surface area (Å²) in [7, 11) is -3.84. The van der Waals surface area contributed by atoms with Crippen LogP contribution in [0.1, 0.15) is 16.8 Å². The molecule has 0 radical (unpaired) electrons. The molecule has 3 aromatic carbocycles. The van der Waals surface area contributed by atoms with E-state index in [4.69, 9.17) is 5.14 Å². The van der Waals surface area contributed by atoms with Crippen LogP contribution in [0.5, 0.6) is 0 Å². The standard InChI is InChI=1S/C23H18BrN3O5S2/c24-14-5-9-16(10-6-14)27-21(28)13-20(23(27)30)33-19-4-2-1-3-18(19)22(29)26-15-7-11-17(12-8-15)34(25,31)32/h1-12,20H,13H2,(H,26,29)(H2,25,31,32). The number of nitrogens with zero attached hydrogens (tertiary/aromatic N) is 1. The van der Waals surface area contributed by atoms with E-state index in [9.17, 15) is 22.8 Å². The molecule has 1 saturated heterocycles. The molecule has 1 heterocycles. The second kappa shape index (κ2) is 9.71. The topological polar surface area (TPSA) is 127 Å². The lowest BCUT2D eigenvalue weighted by molar-refractivity contribution is -0.121. The minimum absolute atomic E-state index is 0.0184. The van der Waals surface area contributed by atoms with E-state index in [-0.39, 0.29) is 23.1 Å². The summed E-state index contributed by atoms with van der Waals surface area (Å²) in [5, 5.41) is 7.14. The molecule has 0 aromatic heterocycles. The van der Waals surface area contributed by atoms with Crippen molar-refractivity contribution in [2.24, 2.45) is 5.14 Å². The smallest absolute Gasteiger partial charge is 0.256 e. The maximum absolute atomic E-state index is 13.0. The van der Waals surface area contributed by atoms with Gasteiger partial charge in [0.15, 0.2) is 0 Å². The first-order chi connectivity index (χ1) is 16.1. The normalized spacial score (nSPS) is 16.1. The molecule has 1 aliphatic rings. The lowest BCUT2D eigenvalue weighted by Crippen LogP contribution is -2.31. The first-order valence-corrected chi connectivity index (χ1v) is 13.2. The quantitative estimate of drug-likeness (QED) is 0.442. The summed E-state index contributed by atoms with van der Waals surface area (Å²) in [4.78, 5) is 40.1. The predicted molar refractivity (Wildman–Crippen MR) is 133 cm³/mol. The van der Waals surface area contributed by atoms with E-state index in [0.717, 1.165) is 16.2 Å². The van der Waals surface area contributed by atoms with Gasteiger partial charge in [-0.3, -0.25) is 14.4 Å². The zero-order valence-corrected chi connectivity index (χ0v) is 20.7. The van der Waals surface area contributed by atoms with Crippen LogP contribution in [0.25, 0.3) is 0 Å². The number of imide groups is 1. The van der Waals surface area contributed by atoms with Crippen molar-refractivity contribution in [2.75, 3.05) is 10.2 Å².